The second kappa shape index (κ2) is 12.8. The Kier molecular flexibility index (Phi) is 7.56. The van der Waals surface area contributed by atoms with Gasteiger partial charge in [-0.1, -0.05) is 172 Å². The van der Waals surface area contributed by atoms with Crippen molar-refractivity contribution in [2.24, 2.45) is 0 Å². The molecule has 0 aromatic heterocycles. The third-order valence-electron chi connectivity index (χ3n) is 11.5. The minimum Gasteiger partial charge on any atom is -0.310 e. The van der Waals surface area contributed by atoms with Crippen LogP contribution in [0.3, 0.4) is 0 Å². The van der Waals surface area contributed by atoms with Crippen molar-refractivity contribution in [3.05, 3.63) is 211 Å². The van der Waals surface area contributed by atoms with Crippen molar-refractivity contribution in [1.82, 2.24) is 0 Å². The van der Waals surface area contributed by atoms with Gasteiger partial charge in [0, 0.05) is 22.4 Å². The molecule has 0 atom stereocenters. The Balaban J connectivity index is 1.04. The van der Waals surface area contributed by atoms with Crippen LogP contribution in [0, 0.1) is 0 Å². The predicted octanol–water partition coefficient (Wildman–Crippen LogP) is 14.8. The van der Waals surface area contributed by atoms with Crippen molar-refractivity contribution in [3.8, 4) is 44.5 Å². The van der Waals surface area contributed by atoms with Gasteiger partial charge in [-0.3, -0.25) is 0 Å². The molecule has 54 heavy (non-hydrogen) atoms. The van der Waals surface area contributed by atoms with E-state index in [2.05, 4.69) is 219 Å². The molecule has 9 aromatic rings. The molecule has 10 rings (SSSR count). The molecule has 1 nitrogen and oxygen atoms in total. The minimum absolute atomic E-state index is 0.0869. The third-order valence-corrected chi connectivity index (χ3v) is 11.5. The van der Waals surface area contributed by atoms with Gasteiger partial charge in [0.15, 0.2) is 0 Å². The fraction of sp³-hybridized carbons (Fsp3) is 0.0566. The Hall–Kier alpha value is -6.70. The summed E-state index contributed by atoms with van der Waals surface area (Å²) < 4.78 is 0. The van der Waals surface area contributed by atoms with E-state index >= 15 is 0 Å². The quantitative estimate of drug-likeness (QED) is 0.168. The molecule has 0 amide bonds. The van der Waals surface area contributed by atoms with E-state index in [0.717, 1.165) is 11.4 Å². The summed E-state index contributed by atoms with van der Waals surface area (Å²) in [5.41, 5.74) is 16.0. The molecule has 0 bridgehead atoms. The Morgan fingerprint density at radius 3 is 1.28 bits per heavy atom. The van der Waals surface area contributed by atoms with Gasteiger partial charge in [-0.25, -0.2) is 0 Å². The van der Waals surface area contributed by atoms with E-state index in [-0.39, 0.29) is 5.41 Å². The monoisotopic (exact) mass is 689 g/mol. The predicted molar refractivity (Wildman–Crippen MR) is 230 cm³/mol. The molecule has 0 saturated carbocycles. The first kappa shape index (κ1) is 32.0. The molecule has 1 aliphatic rings. The zero-order chi connectivity index (χ0) is 36.2. The Labute approximate surface area is 317 Å². The van der Waals surface area contributed by atoms with Crippen LogP contribution in [-0.4, -0.2) is 0 Å². The molecule has 1 aliphatic carbocycles. The summed E-state index contributed by atoms with van der Waals surface area (Å²) in [7, 11) is 0. The molecule has 0 unspecified atom stereocenters. The normalized spacial score (nSPS) is 12.8. The lowest BCUT2D eigenvalue weighted by atomic mass is 9.82. The third kappa shape index (κ3) is 5.40. The van der Waals surface area contributed by atoms with Gasteiger partial charge in [-0.15, -0.1) is 0 Å². The lowest BCUT2D eigenvalue weighted by Gasteiger charge is -2.29. The number of rotatable bonds is 6. The maximum absolute atomic E-state index is 2.44. The molecule has 0 radical (unpaired) electrons. The second-order valence-corrected chi connectivity index (χ2v) is 15.0. The molecule has 256 valence electrons. The van der Waals surface area contributed by atoms with Gasteiger partial charge in [-0.05, 0) is 114 Å². The lowest BCUT2D eigenvalue weighted by molar-refractivity contribution is 0.660. The zero-order valence-electron chi connectivity index (χ0n) is 30.5. The van der Waals surface area contributed by atoms with E-state index in [1.807, 2.05) is 0 Å². The van der Waals surface area contributed by atoms with Crippen molar-refractivity contribution in [1.29, 1.82) is 0 Å². The maximum atomic E-state index is 2.44. The molecule has 0 fully saturated rings. The van der Waals surface area contributed by atoms with E-state index in [4.69, 9.17) is 0 Å². The van der Waals surface area contributed by atoms with Gasteiger partial charge < -0.3 is 4.90 Å². The van der Waals surface area contributed by atoms with Crippen LogP contribution < -0.4 is 4.90 Å². The average molecular weight is 690 g/mol. The number of fused-ring (bicyclic) bond motifs is 5. The van der Waals surface area contributed by atoms with Gasteiger partial charge in [-0.2, -0.15) is 0 Å². The number of nitrogens with zero attached hydrogens (tertiary/aromatic N) is 1. The van der Waals surface area contributed by atoms with Crippen molar-refractivity contribution < 1.29 is 0 Å². The van der Waals surface area contributed by atoms with Crippen LogP contribution in [0.5, 0.6) is 0 Å². The largest absolute Gasteiger partial charge is 0.310 e. The lowest BCUT2D eigenvalue weighted by Crippen LogP contribution is -2.16. The van der Waals surface area contributed by atoms with Crippen LogP contribution in [0.2, 0.25) is 0 Å². The summed E-state index contributed by atoms with van der Waals surface area (Å²) in [5.74, 6) is 0. The van der Waals surface area contributed by atoms with Crippen LogP contribution in [0.1, 0.15) is 25.0 Å². The van der Waals surface area contributed by atoms with E-state index in [0.29, 0.717) is 0 Å². The van der Waals surface area contributed by atoms with Crippen LogP contribution in [0.15, 0.2) is 200 Å². The summed E-state index contributed by atoms with van der Waals surface area (Å²) in [6.45, 7) is 4.70. The first-order valence-electron chi connectivity index (χ1n) is 18.8. The van der Waals surface area contributed by atoms with E-state index in [9.17, 15) is 0 Å². The molecule has 0 aliphatic heterocycles. The van der Waals surface area contributed by atoms with E-state index in [1.54, 1.807) is 0 Å². The number of hydrogen-bond acceptors (Lipinski definition) is 1. The first-order valence-corrected chi connectivity index (χ1v) is 18.8. The highest BCUT2D eigenvalue weighted by Gasteiger charge is 2.37. The fourth-order valence-corrected chi connectivity index (χ4v) is 8.55. The van der Waals surface area contributed by atoms with Gasteiger partial charge >= 0.3 is 0 Å². The maximum Gasteiger partial charge on any atom is 0.0543 e. The van der Waals surface area contributed by atoms with Gasteiger partial charge in [0.05, 0.1) is 5.69 Å². The van der Waals surface area contributed by atoms with Crippen molar-refractivity contribution >= 4 is 38.6 Å². The average Bonchev–Trinajstić information content (AvgIpc) is 3.47. The highest BCUT2D eigenvalue weighted by Crippen LogP contribution is 2.54. The molecule has 0 spiro atoms. The van der Waals surface area contributed by atoms with E-state index in [1.165, 1.54) is 82.9 Å². The number of anilines is 3. The first-order chi connectivity index (χ1) is 26.5. The molecule has 0 heterocycles. The van der Waals surface area contributed by atoms with Crippen LogP contribution in [-0.2, 0) is 5.41 Å². The molecule has 9 aromatic carbocycles. The summed E-state index contributed by atoms with van der Waals surface area (Å²) in [6.07, 6.45) is 0. The standard InChI is InChI=1S/C53H39N/c1-53(2)49-15-8-7-14-48(49)52-50(53)16-9-17-51(52)54(47-32-28-41(29-33-47)45-25-23-37-11-4-6-13-43(37)35-45)46-30-26-39(27-31-46)38-18-20-40(21-19-38)44-24-22-36-10-3-5-12-42(36)34-44/h3-35H,1-2H3. The van der Waals surface area contributed by atoms with Crippen LogP contribution in [0.4, 0.5) is 17.1 Å². The Bertz CT molecular complexity index is 2820. The van der Waals surface area contributed by atoms with E-state index < -0.39 is 0 Å². The zero-order valence-corrected chi connectivity index (χ0v) is 30.5. The second-order valence-electron chi connectivity index (χ2n) is 15.0. The van der Waals surface area contributed by atoms with Gasteiger partial charge in [0.2, 0.25) is 0 Å². The molecular weight excluding hydrogens is 651 g/mol. The molecule has 0 saturated heterocycles. The smallest absolute Gasteiger partial charge is 0.0543 e. The van der Waals surface area contributed by atoms with Gasteiger partial charge in [0.25, 0.3) is 0 Å². The van der Waals surface area contributed by atoms with Crippen molar-refractivity contribution in [2.75, 3.05) is 4.90 Å². The topological polar surface area (TPSA) is 3.24 Å². The van der Waals surface area contributed by atoms with Gasteiger partial charge in [0.1, 0.15) is 0 Å². The molecule has 1 heteroatoms. The van der Waals surface area contributed by atoms with Crippen LogP contribution >= 0.6 is 0 Å². The number of benzene rings is 9. The van der Waals surface area contributed by atoms with Crippen molar-refractivity contribution in [3.63, 3.8) is 0 Å². The Morgan fingerprint density at radius 2 is 0.741 bits per heavy atom. The summed E-state index contributed by atoms with van der Waals surface area (Å²) in [5, 5.41) is 5.04. The highest BCUT2D eigenvalue weighted by molar-refractivity contribution is 5.96. The molecule has 0 N–H and O–H groups in total. The number of hydrogen-bond donors (Lipinski definition) is 0. The van der Waals surface area contributed by atoms with Crippen LogP contribution in [0.25, 0.3) is 66.1 Å². The highest BCUT2D eigenvalue weighted by atomic mass is 15.1. The van der Waals surface area contributed by atoms with Crippen molar-refractivity contribution in [2.45, 2.75) is 19.3 Å². The fourth-order valence-electron chi connectivity index (χ4n) is 8.55. The minimum atomic E-state index is -0.0869. The summed E-state index contributed by atoms with van der Waals surface area (Å²) >= 11 is 0. The molecular formula is C53H39N. The Morgan fingerprint density at radius 1 is 0.333 bits per heavy atom. The summed E-state index contributed by atoms with van der Waals surface area (Å²) in [4.78, 5) is 2.44. The summed E-state index contributed by atoms with van der Waals surface area (Å²) in [6, 6.07) is 73.4. The SMILES string of the molecule is CC1(C)c2ccccc2-c2c(N(c3ccc(-c4ccc(-c5ccc6ccccc6c5)cc4)cc3)c3ccc(-c4ccc5ccccc5c4)cc3)cccc21.